The summed E-state index contributed by atoms with van der Waals surface area (Å²) in [7, 11) is 0. The van der Waals surface area contributed by atoms with E-state index in [4.69, 9.17) is 0 Å². The molecule has 0 saturated carbocycles. The number of aromatic nitrogens is 5. The van der Waals surface area contributed by atoms with Gasteiger partial charge in [-0.3, -0.25) is 4.79 Å². The maximum atomic E-state index is 14.5. The van der Waals surface area contributed by atoms with E-state index in [1.807, 2.05) is 12.3 Å². The maximum Gasteiger partial charge on any atom is 0.260 e. The van der Waals surface area contributed by atoms with E-state index >= 15 is 0 Å². The number of aromatic amines is 1. The molecule has 1 aliphatic heterocycles. The van der Waals surface area contributed by atoms with Gasteiger partial charge in [0.15, 0.2) is 17.1 Å². The number of pyridine rings is 2. The molecule has 4 aromatic rings. The topological polar surface area (TPSA) is 88.0 Å². The predicted octanol–water partition coefficient (Wildman–Crippen LogP) is 4.10. The van der Waals surface area contributed by atoms with Crippen molar-refractivity contribution in [1.82, 2.24) is 29.7 Å². The third kappa shape index (κ3) is 3.68. The first-order valence-corrected chi connectivity index (χ1v) is 10.8. The molecule has 0 radical (unpaired) electrons. The van der Waals surface area contributed by atoms with Crippen molar-refractivity contribution in [3.8, 4) is 11.4 Å². The molecule has 0 bridgehead atoms. The second-order valence-corrected chi connectivity index (χ2v) is 10.2. The van der Waals surface area contributed by atoms with Crippen molar-refractivity contribution in [2.24, 2.45) is 0 Å². The molecule has 32 heavy (non-hydrogen) atoms. The fourth-order valence-corrected chi connectivity index (χ4v) is 5.27. The maximum absolute atomic E-state index is 14.5. The number of hydrogen-bond acceptors (Lipinski definition) is 5. The molecule has 8 heteroatoms. The van der Waals surface area contributed by atoms with Crippen LogP contribution < -0.4 is 10.9 Å². The fraction of sp³-hybridized carbons (Fsp3) is 0.417. The SMILES string of the molecule is Cc1cn2cc(-c3nc4ncc(C5CC(C)(C)NC(C)(C)C5)cc4c(=O)[nH]3)cc(F)c2n1. The molecule has 0 unspecified atom stereocenters. The number of halogens is 1. The highest BCUT2D eigenvalue weighted by atomic mass is 19.1. The highest BCUT2D eigenvalue weighted by molar-refractivity contribution is 5.76. The molecular weight excluding hydrogens is 407 g/mol. The van der Waals surface area contributed by atoms with Crippen LogP contribution >= 0.6 is 0 Å². The molecule has 1 aliphatic rings. The monoisotopic (exact) mass is 434 g/mol. The third-order valence-electron chi connectivity index (χ3n) is 6.14. The summed E-state index contributed by atoms with van der Waals surface area (Å²) in [6.45, 7) is 10.6. The van der Waals surface area contributed by atoms with Gasteiger partial charge in [0.2, 0.25) is 0 Å². The van der Waals surface area contributed by atoms with Crippen LogP contribution in [0.25, 0.3) is 28.1 Å². The van der Waals surface area contributed by atoms with Crippen molar-refractivity contribution in [2.45, 2.75) is 64.5 Å². The summed E-state index contributed by atoms with van der Waals surface area (Å²) < 4.78 is 16.1. The molecule has 0 spiro atoms. The predicted molar refractivity (Wildman–Crippen MR) is 122 cm³/mol. The van der Waals surface area contributed by atoms with Crippen LogP contribution in [0.4, 0.5) is 4.39 Å². The van der Waals surface area contributed by atoms with E-state index < -0.39 is 5.82 Å². The first-order chi connectivity index (χ1) is 15.0. The minimum absolute atomic E-state index is 0.00963. The van der Waals surface area contributed by atoms with E-state index in [-0.39, 0.29) is 28.1 Å². The number of nitrogens with zero attached hydrogens (tertiary/aromatic N) is 4. The number of aryl methyl sites for hydroxylation is 1. The van der Waals surface area contributed by atoms with Crippen molar-refractivity contribution in [1.29, 1.82) is 0 Å². The summed E-state index contributed by atoms with van der Waals surface area (Å²) in [5.74, 6) is 0.0926. The normalized spacial score (nSPS) is 18.4. The molecule has 5 heterocycles. The van der Waals surface area contributed by atoms with Crippen LogP contribution in [0.15, 0.2) is 35.5 Å². The minimum Gasteiger partial charge on any atom is -0.307 e. The zero-order chi connectivity index (χ0) is 22.8. The highest BCUT2D eigenvalue weighted by Crippen LogP contribution is 2.39. The fourth-order valence-electron chi connectivity index (χ4n) is 5.27. The molecule has 0 atom stereocenters. The number of imidazole rings is 1. The summed E-state index contributed by atoms with van der Waals surface area (Å²) >= 11 is 0. The Bertz CT molecular complexity index is 1400. The van der Waals surface area contributed by atoms with Crippen LogP contribution in [0, 0.1) is 12.7 Å². The number of nitrogens with one attached hydrogen (secondary N) is 2. The summed E-state index contributed by atoms with van der Waals surface area (Å²) in [4.78, 5) is 29.0. The summed E-state index contributed by atoms with van der Waals surface area (Å²) in [6.07, 6.45) is 7.17. The summed E-state index contributed by atoms with van der Waals surface area (Å²) in [5, 5.41) is 4.13. The van der Waals surface area contributed by atoms with Crippen molar-refractivity contribution in [3.05, 3.63) is 58.2 Å². The van der Waals surface area contributed by atoms with Gasteiger partial charge in [0.1, 0.15) is 5.82 Å². The minimum atomic E-state index is -0.474. The van der Waals surface area contributed by atoms with Gasteiger partial charge >= 0.3 is 0 Å². The van der Waals surface area contributed by atoms with Crippen LogP contribution in [0.2, 0.25) is 0 Å². The number of hydrogen-bond donors (Lipinski definition) is 2. The van der Waals surface area contributed by atoms with E-state index in [9.17, 15) is 9.18 Å². The Kier molecular flexibility index (Phi) is 4.50. The lowest BCUT2D eigenvalue weighted by molar-refractivity contribution is 0.161. The molecular formula is C24H27FN6O. The lowest BCUT2D eigenvalue weighted by Crippen LogP contribution is -2.57. The molecule has 0 aromatic carbocycles. The van der Waals surface area contributed by atoms with Crippen LogP contribution in [-0.4, -0.2) is 35.4 Å². The molecule has 5 rings (SSSR count). The Hall–Kier alpha value is -3.13. The molecule has 4 aromatic heterocycles. The molecule has 0 amide bonds. The Morgan fingerprint density at radius 2 is 1.81 bits per heavy atom. The van der Waals surface area contributed by atoms with Gasteiger partial charge in [-0.25, -0.2) is 19.3 Å². The van der Waals surface area contributed by atoms with E-state index in [0.717, 1.165) is 18.4 Å². The van der Waals surface area contributed by atoms with Gasteiger partial charge in [0.25, 0.3) is 5.56 Å². The number of piperidine rings is 1. The van der Waals surface area contributed by atoms with Crippen molar-refractivity contribution < 1.29 is 4.39 Å². The van der Waals surface area contributed by atoms with Crippen LogP contribution in [0.1, 0.15) is 57.7 Å². The molecule has 7 nitrogen and oxygen atoms in total. The Balaban J connectivity index is 1.57. The third-order valence-corrected chi connectivity index (χ3v) is 6.14. The molecule has 0 aliphatic carbocycles. The average molecular weight is 435 g/mol. The van der Waals surface area contributed by atoms with E-state index in [0.29, 0.717) is 28.2 Å². The van der Waals surface area contributed by atoms with Gasteiger partial charge in [-0.15, -0.1) is 0 Å². The zero-order valence-electron chi connectivity index (χ0n) is 19.0. The quantitative estimate of drug-likeness (QED) is 0.496. The van der Waals surface area contributed by atoms with Gasteiger partial charge in [-0.2, -0.15) is 0 Å². The van der Waals surface area contributed by atoms with Gasteiger partial charge < -0.3 is 14.7 Å². The molecule has 166 valence electrons. The largest absolute Gasteiger partial charge is 0.307 e. The first kappa shape index (κ1) is 20.8. The number of fused-ring (bicyclic) bond motifs is 2. The van der Waals surface area contributed by atoms with Gasteiger partial charge in [0, 0.05) is 35.2 Å². The Morgan fingerprint density at radius 3 is 2.53 bits per heavy atom. The summed E-state index contributed by atoms with van der Waals surface area (Å²) in [6, 6.07) is 3.24. The van der Waals surface area contributed by atoms with E-state index in [2.05, 4.69) is 52.9 Å². The van der Waals surface area contributed by atoms with Crippen LogP contribution in [0.3, 0.4) is 0 Å². The van der Waals surface area contributed by atoms with Crippen molar-refractivity contribution >= 4 is 16.7 Å². The van der Waals surface area contributed by atoms with E-state index in [1.165, 1.54) is 6.07 Å². The van der Waals surface area contributed by atoms with Gasteiger partial charge in [-0.1, -0.05) is 0 Å². The highest BCUT2D eigenvalue weighted by Gasteiger charge is 2.38. The lowest BCUT2D eigenvalue weighted by atomic mass is 9.73. The van der Waals surface area contributed by atoms with Gasteiger partial charge in [0.05, 0.1) is 11.1 Å². The molecule has 1 saturated heterocycles. The smallest absolute Gasteiger partial charge is 0.260 e. The zero-order valence-corrected chi connectivity index (χ0v) is 19.0. The standard InChI is InChI=1S/C24H27FN6O/c1-13-11-31-12-15(7-18(25)21(31)27-13)19-28-20-17(22(32)29-19)6-14(10-26-20)16-8-23(2,3)30-24(4,5)9-16/h6-7,10-12,16,30H,8-9H2,1-5H3,(H,26,28,29,32). The average Bonchev–Trinajstić information content (AvgIpc) is 3.06. The number of H-pyrrole nitrogens is 1. The van der Waals surface area contributed by atoms with Crippen LogP contribution in [0.5, 0.6) is 0 Å². The van der Waals surface area contributed by atoms with Crippen LogP contribution in [-0.2, 0) is 0 Å². The van der Waals surface area contributed by atoms with Crippen molar-refractivity contribution in [2.75, 3.05) is 0 Å². The van der Waals surface area contributed by atoms with E-state index in [1.54, 1.807) is 23.7 Å². The molecule has 2 N–H and O–H groups in total. The first-order valence-electron chi connectivity index (χ1n) is 10.8. The Morgan fingerprint density at radius 1 is 1.09 bits per heavy atom. The number of rotatable bonds is 2. The second-order valence-electron chi connectivity index (χ2n) is 10.2. The lowest BCUT2D eigenvalue weighted by Gasteiger charge is -2.46. The van der Waals surface area contributed by atoms with Gasteiger partial charge in [-0.05, 0) is 71.1 Å². The molecule has 1 fully saturated rings. The van der Waals surface area contributed by atoms with Crippen molar-refractivity contribution in [3.63, 3.8) is 0 Å². The Labute approximate surface area is 185 Å². The summed E-state index contributed by atoms with van der Waals surface area (Å²) in [5.41, 5.74) is 2.50. The second kappa shape index (κ2) is 6.93.